The number of methoxy groups -OCH3 is 1. The van der Waals surface area contributed by atoms with Gasteiger partial charge in [-0.05, 0) is 25.5 Å². The van der Waals surface area contributed by atoms with E-state index in [2.05, 4.69) is 10.6 Å². The molecule has 0 spiro atoms. The molecule has 0 aliphatic heterocycles. The maximum absolute atomic E-state index is 11.7. The minimum Gasteiger partial charge on any atom is -0.383 e. The standard InChI is InChI=1S/C13H19ClN2O2/c1-13(2,10-6-4-5-7-11(10)14)16-12(17)15-8-9-18-3/h4-7H,8-9H2,1-3H3,(H2,15,16,17). The molecule has 0 fully saturated rings. The highest BCUT2D eigenvalue weighted by molar-refractivity contribution is 6.31. The van der Waals surface area contributed by atoms with Crippen LogP contribution in [0.4, 0.5) is 4.79 Å². The van der Waals surface area contributed by atoms with Crippen LogP contribution in [-0.4, -0.2) is 26.3 Å². The molecule has 100 valence electrons. The molecule has 0 atom stereocenters. The van der Waals surface area contributed by atoms with Crippen molar-refractivity contribution in [2.24, 2.45) is 0 Å². The summed E-state index contributed by atoms with van der Waals surface area (Å²) in [4.78, 5) is 11.7. The number of carbonyl (C=O) groups is 1. The molecule has 5 heteroatoms. The van der Waals surface area contributed by atoms with E-state index in [4.69, 9.17) is 16.3 Å². The van der Waals surface area contributed by atoms with Crippen molar-refractivity contribution in [1.29, 1.82) is 0 Å². The summed E-state index contributed by atoms with van der Waals surface area (Å²) in [6.07, 6.45) is 0. The van der Waals surface area contributed by atoms with Crippen LogP contribution in [0.1, 0.15) is 19.4 Å². The first-order valence-corrected chi connectivity index (χ1v) is 6.15. The van der Waals surface area contributed by atoms with Gasteiger partial charge in [0.05, 0.1) is 12.1 Å². The zero-order chi connectivity index (χ0) is 13.6. The van der Waals surface area contributed by atoms with Gasteiger partial charge < -0.3 is 15.4 Å². The third-order valence-electron chi connectivity index (χ3n) is 2.56. The summed E-state index contributed by atoms with van der Waals surface area (Å²) in [5.41, 5.74) is 0.351. The van der Waals surface area contributed by atoms with Crippen LogP contribution in [0.2, 0.25) is 5.02 Å². The Bertz CT molecular complexity index is 408. The summed E-state index contributed by atoms with van der Waals surface area (Å²) in [5.74, 6) is 0. The van der Waals surface area contributed by atoms with Gasteiger partial charge >= 0.3 is 6.03 Å². The zero-order valence-corrected chi connectivity index (χ0v) is 11.7. The van der Waals surface area contributed by atoms with Crippen molar-refractivity contribution in [3.63, 3.8) is 0 Å². The Balaban J connectivity index is 2.64. The summed E-state index contributed by atoms with van der Waals surface area (Å²) >= 11 is 6.13. The van der Waals surface area contributed by atoms with Crippen molar-refractivity contribution in [1.82, 2.24) is 10.6 Å². The highest BCUT2D eigenvalue weighted by Crippen LogP contribution is 2.27. The number of halogens is 1. The fourth-order valence-corrected chi connectivity index (χ4v) is 2.00. The summed E-state index contributed by atoms with van der Waals surface area (Å²) in [6, 6.07) is 7.23. The predicted octanol–water partition coefficient (Wildman–Crippen LogP) is 2.52. The number of benzene rings is 1. The lowest BCUT2D eigenvalue weighted by atomic mass is 9.94. The molecule has 1 aromatic carbocycles. The highest BCUT2D eigenvalue weighted by atomic mass is 35.5. The van der Waals surface area contributed by atoms with Gasteiger partial charge in [-0.2, -0.15) is 0 Å². The molecule has 0 saturated carbocycles. The number of urea groups is 1. The number of hydrogen-bond donors (Lipinski definition) is 2. The van der Waals surface area contributed by atoms with Gasteiger partial charge in [0.25, 0.3) is 0 Å². The van der Waals surface area contributed by atoms with E-state index in [0.29, 0.717) is 18.2 Å². The van der Waals surface area contributed by atoms with Gasteiger partial charge in [-0.25, -0.2) is 4.79 Å². The second kappa shape index (κ2) is 6.61. The minimum atomic E-state index is -0.532. The van der Waals surface area contributed by atoms with Crippen molar-refractivity contribution in [2.75, 3.05) is 20.3 Å². The molecular formula is C13H19ClN2O2. The average Bonchev–Trinajstić information content (AvgIpc) is 2.29. The molecule has 0 heterocycles. The van der Waals surface area contributed by atoms with Crippen LogP contribution in [-0.2, 0) is 10.3 Å². The van der Waals surface area contributed by atoms with Gasteiger partial charge in [0.2, 0.25) is 0 Å². The summed E-state index contributed by atoms with van der Waals surface area (Å²) in [5, 5.41) is 6.23. The van der Waals surface area contributed by atoms with Crippen molar-refractivity contribution >= 4 is 17.6 Å². The molecule has 1 aromatic rings. The molecule has 0 aliphatic carbocycles. The lowest BCUT2D eigenvalue weighted by molar-refractivity contribution is 0.193. The summed E-state index contributed by atoms with van der Waals surface area (Å²) in [7, 11) is 1.59. The Kier molecular flexibility index (Phi) is 5.44. The number of nitrogens with one attached hydrogen (secondary N) is 2. The topological polar surface area (TPSA) is 50.4 Å². The third-order valence-corrected chi connectivity index (χ3v) is 2.89. The van der Waals surface area contributed by atoms with Crippen LogP contribution in [0, 0.1) is 0 Å². The van der Waals surface area contributed by atoms with Gasteiger partial charge in [-0.3, -0.25) is 0 Å². The van der Waals surface area contributed by atoms with Crippen molar-refractivity contribution in [3.8, 4) is 0 Å². The Morgan fingerprint density at radius 2 is 2.06 bits per heavy atom. The number of amides is 2. The first-order valence-electron chi connectivity index (χ1n) is 5.77. The highest BCUT2D eigenvalue weighted by Gasteiger charge is 2.24. The Labute approximate surface area is 113 Å². The molecule has 2 amide bonds. The number of hydrogen-bond acceptors (Lipinski definition) is 2. The van der Waals surface area contributed by atoms with Gasteiger partial charge in [0.1, 0.15) is 0 Å². The summed E-state index contributed by atoms with van der Waals surface area (Å²) in [6.45, 7) is 4.77. The van der Waals surface area contributed by atoms with Crippen LogP contribution in [0.25, 0.3) is 0 Å². The second-order valence-corrected chi connectivity index (χ2v) is 4.89. The SMILES string of the molecule is COCCNC(=O)NC(C)(C)c1ccccc1Cl. The van der Waals surface area contributed by atoms with E-state index in [-0.39, 0.29) is 6.03 Å². The maximum Gasteiger partial charge on any atom is 0.315 e. The molecule has 0 aliphatic rings. The molecule has 0 aromatic heterocycles. The van der Waals surface area contributed by atoms with Gasteiger partial charge in [0, 0.05) is 18.7 Å². The van der Waals surface area contributed by atoms with E-state index in [1.807, 2.05) is 38.1 Å². The average molecular weight is 271 g/mol. The van der Waals surface area contributed by atoms with Gasteiger partial charge in [0.15, 0.2) is 0 Å². The van der Waals surface area contributed by atoms with Crippen LogP contribution >= 0.6 is 11.6 Å². The first kappa shape index (κ1) is 14.8. The number of carbonyl (C=O) groups excluding carboxylic acids is 1. The molecule has 18 heavy (non-hydrogen) atoms. The lowest BCUT2D eigenvalue weighted by Gasteiger charge is -2.27. The van der Waals surface area contributed by atoms with Crippen LogP contribution in [0.15, 0.2) is 24.3 Å². The fraction of sp³-hybridized carbons (Fsp3) is 0.462. The molecule has 2 N–H and O–H groups in total. The number of rotatable bonds is 5. The molecule has 1 rings (SSSR count). The van der Waals surface area contributed by atoms with E-state index in [1.54, 1.807) is 7.11 Å². The summed E-state index contributed by atoms with van der Waals surface area (Å²) < 4.78 is 4.86. The molecule has 0 bridgehead atoms. The van der Waals surface area contributed by atoms with E-state index in [0.717, 1.165) is 5.56 Å². The predicted molar refractivity (Wildman–Crippen MR) is 72.9 cm³/mol. The van der Waals surface area contributed by atoms with E-state index < -0.39 is 5.54 Å². The Hall–Kier alpha value is -1.26. The van der Waals surface area contributed by atoms with Crippen molar-refractivity contribution in [3.05, 3.63) is 34.9 Å². The minimum absolute atomic E-state index is 0.239. The Morgan fingerprint density at radius 3 is 2.67 bits per heavy atom. The fourth-order valence-electron chi connectivity index (χ4n) is 1.63. The van der Waals surface area contributed by atoms with Crippen LogP contribution < -0.4 is 10.6 Å². The van der Waals surface area contributed by atoms with Gasteiger partial charge in [-0.1, -0.05) is 29.8 Å². The molecule has 0 saturated heterocycles. The molecule has 0 unspecified atom stereocenters. The first-order chi connectivity index (χ1) is 8.47. The number of ether oxygens (including phenoxy) is 1. The van der Waals surface area contributed by atoms with Crippen molar-refractivity contribution < 1.29 is 9.53 Å². The molecule has 0 radical (unpaired) electrons. The molecular weight excluding hydrogens is 252 g/mol. The maximum atomic E-state index is 11.7. The van der Waals surface area contributed by atoms with Crippen LogP contribution in [0.5, 0.6) is 0 Å². The Morgan fingerprint density at radius 1 is 1.39 bits per heavy atom. The second-order valence-electron chi connectivity index (χ2n) is 4.48. The smallest absolute Gasteiger partial charge is 0.315 e. The van der Waals surface area contributed by atoms with Gasteiger partial charge in [-0.15, -0.1) is 0 Å². The van der Waals surface area contributed by atoms with Crippen molar-refractivity contribution in [2.45, 2.75) is 19.4 Å². The lowest BCUT2D eigenvalue weighted by Crippen LogP contribution is -2.47. The quantitative estimate of drug-likeness (QED) is 0.808. The normalized spacial score (nSPS) is 11.1. The van der Waals surface area contributed by atoms with E-state index in [1.165, 1.54) is 0 Å². The molecule has 4 nitrogen and oxygen atoms in total. The zero-order valence-electron chi connectivity index (χ0n) is 10.9. The van der Waals surface area contributed by atoms with E-state index >= 15 is 0 Å². The third kappa shape index (κ3) is 4.20. The monoisotopic (exact) mass is 270 g/mol. The van der Waals surface area contributed by atoms with Crippen LogP contribution in [0.3, 0.4) is 0 Å². The van der Waals surface area contributed by atoms with E-state index in [9.17, 15) is 4.79 Å². The largest absolute Gasteiger partial charge is 0.383 e.